The highest BCUT2D eigenvalue weighted by Gasteiger charge is 2.16. The number of hydrogen-bond acceptors (Lipinski definition) is 2. The van der Waals surface area contributed by atoms with Crippen LogP contribution in [0.15, 0.2) is 24.3 Å². The molecule has 0 aromatic heterocycles. The fourth-order valence-corrected chi connectivity index (χ4v) is 2.23. The van der Waals surface area contributed by atoms with Crippen molar-refractivity contribution in [3.63, 3.8) is 0 Å². The second kappa shape index (κ2) is 8.49. The second-order valence-corrected chi connectivity index (χ2v) is 5.95. The molecule has 0 spiro atoms. The summed E-state index contributed by atoms with van der Waals surface area (Å²) in [6, 6.07) is 7.47. The normalized spacial score (nSPS) is 14.1. The summed E-state index contributed by atoms with van der Waals surface area (Å²) in [5, 5.41) is 0.734. The first-order valence-electron chi connectivity index (χ1n) is 7.21. The molecule has 106 valence electrons. The first-order chi connectivity index (χ1) is 9.03. The van der Waals surface area contributed by atoms with Crippen LogP contribution in [-0.4, -0.2) is 20.0 Å². The summed E-state index contributed by atoms with van der Waals surface area (Å²) in [6.45, 7) is 2.85. The topological polar surface area (TPSA) is 35.2 Å². The Kier molecular flexibility index (Phi) is 7.33. The molecule has 0 bridgehead atoms. The van der Waals surface area contributed by atoms with Gasteiger partial charge in [0.2, 0.25) is 0 Å². The van der Waals surface area contributed by atoms with Gasteiger partial charge in [0.15, 0.2) is 0 Å². The Morgan fingerprint density at radius 1 is 1.16 bits per heavy atom. The molecule has 0 fully saturated rings. The highest BCUT2D eigenvalue weighted by Crippen LogP contribution is 2.19. The molecule has 0 amide bonds. The zero-order chi connectivity index (χ0) is 14.1. The van der Waals surface area contributed by atoms with Crippen LogP contribution in [0.25, 0.3) is 0 Å². The van der Waals surface area contributed by atoms with Crippen LogP contribution < -0.4 is 10.5 Å². The van der Waals surface area contributed by atoms with Crippen molar-refractivity contribution in [2.45, 2.75) is 50.9 Å². The molecule has 2 N–H and O–H groups in total. The van der Waals surface area contributed by atoms with Gasteiger partial charge in [-0.05, 0) is 50.5 Å². The quantitative estimate of drug-likeness (QED) is 0.556. The molecule has 4 heteroatoms. The fraction of sp³-hybridized carbons (Fsp3) is 0.600. The van der Waals surface area contributed by atoms with E-state index in [1.165, 1.54) is 19.2 Å². The van der Waals surface area contributed by atoms with E-state index in [1.54, 1.807) is 0 Å². The zero-order valence-electron chi connectivity index (χ0n) is 12.1. The van der Waals surface area contributed by atoms with E-state index >= 15 is 0 Å². The molecule has 0 aliphatic heterocycles. The van der Waals surface area contributed by atoms with Gasteiger partial charge in [0.1, 0.15) is 13.6 Å². The van der Waals surface area contributed by atoms with E-state index in [-0.39, 0.29) is 5.54 Å². The Bertz CT molecular complexity index is 354. The number of unbranched alkanes of at least 4 members (excludes halogenated alkanes) is 1. The average Bonchev–Trinajstić information content (AvgIpc) is 2.37. The highest BCUT2D eigenvalue weighted by molar-refractivity contribution is 6.30. The van der Waals surface area contributed by atoms with Crippen molar-refractivity contribution < 1.29 is 4.74 Å². The Hall–Kier alpha value is -0.665. The number of nitrogens with two attached hydrogens (primary N) is 1. The van der Waals surface area contributed by atoms with Gasteiger partial charge < -0.3 is 10.5 Å². The average molecular weight is 282 g/mol. The van der Waals surface area contributed by atoms with Crippen LogP contribution in [0.2, 0.25) is 11.3 Å². The van der Waals surface area contributed by atoms with E-state index in [9.17, 15) is 0 Å². The summed E-state index contributed by atoms with van der Waals surface area (Å²) in [7, 11) is 2.22. The highest BCUT2D eigenvalue weighted by atomic mass is 35.5. The van der Waals surface area contributed by atoms with Gasteiger partial charge in [-0.25, -0.2) is 0 Å². The number of halogens is 1. The SMILES string of the molecule is BCCCCC(C)(N)CCCOc1ccc(Cl)cc1. The van der Waals surface area contributed by atoms with E-state index in [0.29, 0.717) is 6.61 Å². The van der Waals surface area contributed by atoms with Crippen LogP contribution in [0.3, 0.4) is 0 Å². The van der Waals surface area contributed by atoms with Crippen molar-refractivity contribution in [2.75, 3.05) is 6.61 Å². The maximum Gasteiger partial charge on any atom is 0.119 e. The van der Waals surface area contributed by atoms with Crippen molar-refractivity contribution in [1.82, 2.24) is 0 Å². The van der Waals surface area contributed by atoms with E-state index < -0.39 is 0 Å². The summed E-state index contributed by atoms with van der Waals surface area (Å²) in [4.78, 5) is 0. The maximum absolute atomic E-state index is 6.28. The lowest BCUT2D eigenvalue weighted by molar-refractivity contribution is 0.278. The Balaban J connectivity index is 2.17. The first kappa shape index (κ1) is 16.4. The van der Waals surface area contributed by atoms with Crippen molar-refractivity contribution in [1.29, 1.82) is 0 Å². The molecule has 1 unspecified atom stereocenters. The van der Waals surface area contributed by atoms with Gasteiger partial charge >= 0.3 is 0 Å². The van der Waals surface area contributed by atoms with Crippen LogP contribution in [0.4, 0.5) is 0 Å². The third-order valence-electron chi connectivity index (χ3n) is 3.33. The lowest BCUT2D eigenvalue weighted by Crippen LogP contribution is -2.36. The van der Waals surface area contributed by atoms with E-state index in [2.05, 4.69) is 14.8 Å². The number of hydrogen-bond donors (Lipinski definition) is 1. The third-order valence-corrected chi connectivity index (χ3v) is 3.58. The van der Waals surface area contributed by atoms with Crippen LogP contribution in [0.1, 0.15) is 39.0 Å². The minimum absolute atomic E-state index is 0.0570. The molecular weight excluding hydrogens is 256 g/mol. The summed E-state index contributed by atoms with van der Waals surface area (Å²) in [5.74, 6) is 0.870. The lowest BCUT2D eigenvalue weighted by atomic mass is 9.89. The standard InChI is InChI=1S/C15H25BClNO/c1-15(18,9-2-3-11-16)10-4-12-19-14-7-5-13(17)6-8-14/h5-8H,2-4,9-12,16,18H2,1H3. The molecular formula is C15H25BClNO. The Morgan fingerprint density at radius 3 is 2.42 bits per heavy atom. The minimum Gasteiger partial charge on any atom is -0.494 e. The fourth-order valence-electron chi connectivity index (χ4n) is 2.10. The van der Waals surface area contributed by atoms with Crippen LogP contribution >= 0.6 is 11.6 Å². The molecule has 0 saturated carbocycles. The summed E-state index contributed by atoms with van der Waals surface area (Å²) < 4.78 is 5.67. The smallest absolute Gasteiger partial charge is 0.119 e. The second-order valence-electron chi connectivity index (χ2n) is 5.52. The number of benzene rings is 1. The molecule has 2 nitrogen and oxygen atoms in total. The molecule has 1 atom stereocenters. The number of ether oxygens (including phenoxy) is 1. The molecule has 0 saturated heterocycles. The van der Waals surface area contributed by atoms with Gasteiger partial charge in [0.05, 0.1) is 6.61 Å². The van der Waals surface area contributed by atoms with Crippen molar-refractivity contribution >= 4 is 19.4 Å². The van der Waals surface area contributed by atoms with Gasteiger partial charge in [-0.2, -0.15) is 0 Å². The van der Waals surface area contributed by atoms with E-state index in [1.807, 2.05) is 24.3 Å². The Morgan fingerprint density at radius 2 is 1.79 bits per heavy atom. The monoisotopic (exact) mass is 281 g/mol. The van der Waals surface area contributed by atoms with E-state index in [4.69, 9.17) is 22.1 Å². The van der Waals surface area contributed by atoms with Crippen molar-refractivity contribution in [2.24, 2.45) is 5.73 Å². The molecule has 0 radical (unpaired) electrons. The molecule has 0 aliphatic rings. The lowest BCUT2D eigenvalue weighted by Gasteiger charge is -2.24. The van der Waals surface area contributed by atoms with E-state index in [0.717, 1.165) is 30.0 Å². The predicted octanol–water partition coefficient (Wildman–Crippen LogP) is 3.44. The molecule has 0 heterocycles. The Labute approximate surface area is 123 Å². The van der Waals surface area contributed by atoms with Gasteiger partial charge in [-0.1, -0.05) is 30.8 Å². The molecule has 0 aliphatic carbocycles. The van der Waals surface area contributed by atoms with Crippen LogP contribution in [-0.2, 0) is 0 Å². The van der Waals surface area contributed by atoms with Gasteiger partial charge in [0.25, 0.3) is 0 Å². The summed E-state index contributed by atoms with van der Waals surface area (Å²) in [5.41, 5.74) is 6.23. The van der Waals surface area contributed by atoms with Gasteiger partial charge in [-0.3, -0.25) is 0 Å². The van der Waals surface area contributed by atoms with Gasteiger partial charge in [-0.15, -0.1) is 0 Å². The predicted molar refractivity (Wildman–Crippen MR) is 86.0 cm³/mol. The minimum atomic E-state index is -0.0570. The zero-order valence-corrected chi connectivity index (χ0v) is 12.9. The summed E-state index contributed by atoms with van der Waals surface area (Å²) in [6.07, 6.45) is 6.83. The van der Waals surface area contributed by atoms with Crippen LogP contribution in [0.5, 0.6) is 5.75 Å². The number of rotatable bonds is 9. The van der Waals surface area contributed by atoms with Crippen molar-refractivity contribution in [3.8, 4) is 5.75 Å². The molecule has 1 rings (SSSR count). The molecule has 1 aromatic carbocycles. The molecule has 1 aromatic rings. The van der Waals surface area contributed by atoms with Crippen LogP contribution in [0, 0.1) is 0 Å². The largest absolute Gasteiger partial charge is 0.494 e. The third kappa shape index (κ3) is 7.49. The molecule has 19 heavy (non-hydrogen) atoms. The van der Waals surface area contributed by atoms with Crippen molar-refractivity contribution in [3.05, 3.63) is 29.3 Å². The summed E-state index contributed by atoms with van der Waals surface area (Å²) >= 11 is 5.82. The van der Waals surface area contributed by atoms with Gasteiger partial charge in [0, 0.05) is 10.6 Å². The maximum atomic E-state index is 6.28. The first-order valence-corrected chi connectivity index (χ1v) is 7.58.